The Morgan fingerprint density at radius 1 is 0.917 bits per heavy atom. The van der Waals surface area contributed by atoms with Gasteiger partial charge in [0.05, 0.1) is 13.2 Å². The molecule has 0 unspecified atom stereocenters. The Morgan fingerprint density at radius 2 is 1.58 bits per heavy atom. The van der Waals surface area contributed by atoms with Crippen LogP contribution in [0.1, 0.15) is 83.1 Å². The van der Waals surface area contributed by atoms with Crippen LogP contribution in [-0.4, -0.2) is 60.6 Å². The molecule has 10 heteroatoms. The van der Waals surface area contributed by atoms with Crippen molar-refractivity contribution in [3.05, 3.63) is 29.8 Å². The highest BCUT2D eigenvalue weighted by atomic mass is 31.2. The lowest BCUT2D eigenvalue weighted by Gasteiger charge is -2.23. The number of unbranched alkanes of at least 4 members (excludes halogenated alkanes) is 8. The van der Waals surface area contributed by atoms with Crippen LogP contribution in [0, 0.1) is 0 Å². The number of nitrogens with zero attached hydrogens (tertiary/aromatic N) is 1. The average molecular weight is 533 g/mol. The van der Waals surface area contributed by atoms with Gasteiger partial charge in [-0.1, -0.05) is 64.0 Å². The van der Waals surface area contributed by atoms with Crippen LogP contribution >= 0.6 is 7.82 Å². The van der Waals surface area contributed by atoms with Crippen molar-refractivity contribution in [1.82, 2.24) is 11.1 Å². The standard InChI is InChI=1S/C26H46NO7P.H3N/c1-3-4-5-6-7-8-9-11-21-33-25-15-13-14-24(23-25)16-17-26(28)27(18-10-12-20-32-2)19-22-34-35(29,30)31;/h13-15,23H,3-12,16-22H2,1-2H3,(H2,29,30,31);1H3. The predicted octanol–water partition coefficient (Wildman–Crippen LogP) is 5.67. The monoisotopic (exact) mass is 532 g/mol. The summed E-state index contributed by atoms with van der Waals surface area (Å²) in [7, 11) is -2.92. The number of hydrogen-bond acceptors (Lipinski definition) is 6. The molecule has 0 aliphatic rings. The second-order valence-electron chi connectivity index (χ2n) is 8.88. The number of aryl methyl sites for hydroxylation is 1. The first kappa shape index (κ1) is 34.5. The van der Waals surface area contributed by atoms with Crippen molar-refractivity contribution in [2.75, 3.05) is 40.0 Å². The van der Waals surface area contributed by atoms with E-state index < -0.39 is 7.82 Å². The topological polar surface area (TPSA) is 141 Å². The molecule has 1 rings (SSSR count). The Bertz CT molecular complexity index is 730. The molecular weight excluding hydrogens is 483 g/mol. The third kappa shape index (κ3) is 18.7. The first-order valence-electron chi connectivity index (χ1n) is 13.0. The highest BCUT2D eigenvalue weighted by molar-refractivity contribution is 7.46. The first-order valence-corrected chi connectivity index (χ1v) is 14.6. The number of benzene rings is 1. The number of amides is 1. The van der Waals surface area contributed by atoms with E-state index in [1.54, 1.807) is 12.0 Å². The number of phosphoric ester groups is 1. The van der Waals surface area contributed by atoms with Gasteiger partial charge in [0.1, 0.15) is 5.75 Å². The van der Waals surface area contributed by atoms with E-state index in [1.165, 1.54) is 44.9 Å². The van der Waals surface area contributed by atoms with E-state index in [1.807, 2.05) is 24.3 Å². The summed E-state index contributed by atoms with van der Waals surface area (Å²) in [6.45, 7) is 3.97. The van der Waals surface area contributed by atoms with Gasteiger partial charge in [-0.25, -0.2) is 4.57 Å². The molecule has 1 aromatic rings. The van der Waals surface area contributed by atoms with Crippen LogP contribution in [0.3, 0.4) is 0 Å². The molecule has 210 valence electrons. The van der Waals surface area contributed by atoms with E-state index >= 15 is 0 Å². The van der Waals surface area contributed by atoms with E-state index in [0.29, 0.717) is 32.6 Å². The Morgan fingerprint density at radius 3 is 2.25 bits per heavy atom. The zero-order valence-corrected chi connectivity index (χ0v) is 23.3. The first-order chi connectivity index (χ1) is 16.9. The highest BCUT2D eigenvalue weighted by Crippen LogP contribution is 2.35. The van der Waals surface area contributed by atoms with Crippen LogP contribution in [0.15, 0.2) is 24.3 Å². The molecule has 36 heavy (non-hydrogen) atoms. The molecule has 1 aromatic carbocycles. The van der Waals surface area contributed by atoms with Crippen molar-refractivity contribution in [2.24, 2.45) is 0 Å². The lowest BCUT2D eigenvalue weighted by molar-refractivity contribution is -0.131. The molecule has 0 bridgehead atoms. The van der Waals surface area contributed by atoms with Crippen LogP contribution in [-0.2, 0) is 25.0 Å². The maximum atomic E-state index is 12.8. The number of methoxy groups -OCH3 is 1. The molecule has 0 spiro atoms. The molecule has 9 nitrogen and oxygen atoms in total. The Labute approximate surface area is 217 Å². The largest absolute Gasteiger partial charge is 0.494 e. The van der Waals surface area contributed by atoms with E-state index in [4.69, 9.17) is 19.3 Å². The Balaban J connectivity index is 0.0000122. The van der Waals surface area contributed by atoms with Crippen LogP contribution in [0.25, 0.3) is 0 Å². The highest BCUT2D eigenvalue weighted by Gasteiger charge is 2.17. The molecular formula is C26H49N2O7P. The molecule has 0 atom stereocenters. The van der Waals surface area contributed by atoms with Gasteiger partial charge in [0, 0.05) is 33.2 Å². The number of rotatable bonds is 22. The molecule has 0 aromatic heterocycles. The summed E-state index contributed by atoms with van der Waals surface area (Å²) >= 11 is 0. The second kappa shape index (κ2) is 21.6. The van der Waals surface area contributed by atoms with Crippen LogP contribution in [0.2, 0.25) is 0 Å². The maximum absolute atomic E-state index is 12.8. The third-order valence-corrected chi connectivity index (χ3v) is 6.31. The minimum absolute atomic E-state index is 0. The van der Waals surface area contributed by atoms with Gasteiger partial charge in [-0.15, -0.1) is 0 Å². The minimum atomic E-state index is -4.55. The lowest BCUT2D eigenvalue weighted by atomic mass is 10.1. The molecule has 0 heterocycles. The van der Waals surface area contributed by atoms with E-state index in [9.17, 15) is 9.36 Å². The Kier molecular flexibility index (Phi) is 20.7. The van der Waals surface area contributed by atoms with Crippen molar-refractivity contribution >= 4 is 13.7 Å². The number of hydrogen-bond donors (Lipinski definition) is 3. The molecule has 0 aliphatic carbocycles. The van der Waals surface area contributed by atoms with Gasteiger partial charge in [0.2, 0.25) is 5.91 Å². The van der Waals surface area contributed by atoms with E-state index in [2.05, 4.69) is 11.4 Å². The minimum Gasteiger partial charge on any atom is -0.494 e. The smallest absolute Gasteiger partial charge is 0.469 e. The van der Waals surface area contributed by atoms with Gasteiger partial charge in [0.25, 0.3) is 0 Å². The van der Waals surface area contributed by atoms with Crippen molar-refractivity contribution in [1.29, 1.82) is 0 Å². The average Bonchev–Trinajstić information content (AvgIpc) is 2.82. The lowest BCUT2D eigenvalue weighted by Crippen LogP contribution is -2.35. The Hall–Kier alpha value is -1.48. The SMILES string of the molecule is CCCCCCCCCCOc1cccc(CCC(=O)N(CCCCOC)CCOP(=O)(O)O)c1.N. The fourth-order valence-corrected chi connectivity index (χ4v) is 4.13. The number of phosphoric acid groups is 1. The van der Waals surface area contributed by atoms with Crippen molar-refractivity contribution in [3.63, 3.8) is 0 Å². The molecule has 0 radical (unpaired) electrons. The van der Waals surface area contributed by atoms with Crippen molar-refractivity contribution < 1.29 is 33.1 Å². The molecule has 0 aliphatic heterocycles. The van der Waals surface area contributed by atoms with Crippen LogP contribution < -0.4 is 10.9 Å². The molecule has 5 N–H and O–H groups in total. The van der Waals surface area contributed by atoms with Crippen LogP contribution in [0.4, 0.5) is 0 Å². The zero-order chi connectivity index (χ0) is 25.8. The van der Waals surface area contributed by atoms with Gasteiger partial charge >= 0.3 is 7.82 Å². The van der Waals surface area contributed by atoms with Gasteiger partial charge in [-0.05, 0) is 43.4 Å². The van der Waals surface area contributed by atoms with E-state index in [-0.39, 0.29) is 25.2 Å². The fraction of sp³-hybridized carbons (Fsp3) is 0.731. The van der Waals surface area contributed by atoms with Gasteiger partial charge in [-0.2, -0.15) is 0 Å². The van der Waals surface area contributed by atoms with Crippen molar-refractivity contribution in [3.8, 4) is 5.75 Å². The van der Waals surface area contributed by atoms with E-state index in [0.717, 1.165) is 30.6 Å². The third-order valence-electron chi connectivity index (χ3n) is 5.79. The summed E-state index contributed by atoms with van der Waals surface area (Å²) in [5.41, 5.74) is 1.03. The zero-order valence-electron chi connectivity index (χ0n) is 22.4. The molecule has 0 fully saturated rings. The van der Waals surface area contributed by atoms with Gasteiger partial charge < -0.3 is 30.3 Å². The summed E-state index contributed by atoms with van der Waals surface area (Å²) < 4.78 is 26.4. The molecule has 0 saturated heterocycles. The fourth-order valence-electron chi connectivity index (χ4n) is 3.81. The number of ether oxygens (including phenoxy) is 2. The molecule has 0 saturated carbocycles. The second-order valence-corrected chi connectivity index (χ2v) is 10.1. The van der Waals surface area contributed by atoms with Gasteiger partial charge in [0.15, 0.2) is 0 Å². The number of carbonyl (C=O) groups is 1. The predicted molar refractivity (Wildman–Crippen MR) is 144 cm³/mol. The summed E-state index contributed by atoms with van der Waals surface area (Å²) in [5.74, 6) is 0.756. The van der Waals surface area contributed by atoms with Crippen molar-refractivity contribution in [2.45, 2.75) is 84.0 Å². The number of carbonyl (C=O) groups excluding carboxylic acids is 1. The summed E-state index contributed by atoms with van der Waals surface area (Å²) in [5, 5.41) is 0. The summed E-state index contributed by atoms with van der Waals surface area (Å²) in [6, 6.07) is 7.85. The molecule has 1 amide bonds. The summed E-state index contributed by atoms with van der Waals surface area (Å²) in [6.07, 6.45) is 12.5. The quantitative estimate of drug-likeness (QED) is 0.128. The van der Waals surface area contributed by atoms with Crippen LogP contribution in [0.5, 0.6) is 5.75 Å². The van der Waals surface area contributed by atoms with Gasteiger partial charge in [-0.3, -0.25) is 9.32 Å². The summed E-state index contributed by atoms with van der Waals surface area (Å²) in [4.78, 5) is 32.2. The normalized spacial score (nSPS) is 11.2. The maximum Gasteiger partial charge on any atom is 0.469 e.